The third kappa shape index (κ3) is 3.36. The van der Waals surface area contributed by atoms with Gasteiger partial charge >= 0.3 is 0 Å². The van der Waals surface area contributed by atoms with Gasteiger partial charge in [-0.25, -0.2) is 4.98 Å². The van der Waals surface area contributed by atoms with Gasteiger partial charge in [-0.15, -0.1) is 0 Å². The average molecular weight is 398 g/mol. The highest BCUT2D eigenvalue weighted by Crippen LogP contribution is 2.26. The lowest BCUT2D eigenvalue weighted by Crippen LogP contribution is -2.35. The minimum absolute atomic E-state index is 0.00508. The molecule has 2 heterocycles. The molecule has 1 aromatic heterocycles. The molecule has 0 aliphatic carbocycles. The van der Waals surface area contributed by atoms with Crippen LogP contribution in [0.5, 0.6) is 5.75 Å². The molecule has 0 bridgehead atoms. The first-order valence-corrected chi connectivity index (χ1v) is 9.61. The van der Waals surface area contributed by atoms with Crippen LogP contribution in [0.2, 0.25) is 5.02 Å². The van der Waals surface area contributed by atoms with Crippen molar-refractivity contribution in [3.05, 3.63) is 63.7 Å². The summed E-state index contributed by atoms with van der Waals surface area (Å²) in [6.07, 6.45) is 4.69. The lowest BCUT2D eigenvalue weighted by molar-refractivity contribution is 0.0724. The predicted molar refractivity (Wildman–Crippen MR) is 109 cm³/mol. The number of amides is 1. The Bertz CT molecular complexity index is 1100. The summed E-state index contributed by atoms with van der Waals surface area (Å²) in [6.45, 7) is 1.56. The Morgan fingerprint density at radius 1 is 1.11 bits per heavy atom. The van der Waals surface area contributed by atoms with E-state index in [1.54, 1.807) is 36.4 Å². The smallest absolute Gasteiger partial charge is 0.265 e. The zero-order valence-corrected chi connectivity index (χ0v) is 16.3. The maximum atomic E-state index is 12.9. The van der Waals surface area contributed by atoms with Crippen LogP contribution in [0.15, 0.2) is 47.5 Å². The summed E-state index contributed by atoms with van der Waals surface area (Å²) >= 11 is 6.18. The van der Waals surface area contributed by atoms with E-state index in [1.165, 1.54) is 18.0 Å². The molecule has 1 saturated heterocycles. The molecule has 7 heteroatoms. The molecular weight excluding hydrogens is 378 g/mol. The number of benzene rings is 2. The Hall–Kier alpha value is -2.86. The maximum Gasteiger partial charge on any atom is 0.265 e. The molecule has 1 aliphatic rings. The van der Waals surface area contributed by atoms with E-state index in [2.05, 4.69) is 4.98 Å². The second-order valence-corrected chi connectivity index (χ2v) is 7.23. The second-order valence-electron chi connectivity index (χ2n) is 6.82. The van der Waals surface area contributed by atoms with Gasteiger partial charge < -0.3 is 9.64 Å². The summed E-state index contributed by atoms with van der Waals surface area (Å²) in [4.78, 5) is 31.9. The number of fused-ring (bicyclic) bond motifs is 1. The molecule has 4 rings (SSSR count). The highest BCUT2D eigenvalue weighted by molar-refractivity contribution is 6.32. The quantitative estimate of drug-likeness (QED) is 0.676. The Kier molecular flexibility index (Phi) is 5.05. The molecule has 6 nitrogen and oxygen atoms in total. The van der Waals surface area contributed by atoms with Gasteiger partial charge in [0.25, 0.3) is 11.5 Å². The van der Waals surface area contributed by atoms with Crippen molar-refractivity contribution >= 4 is 28.4 Å². The van der Waals surface area contributed by atoms with Gasteiger partial charge in [0.05, 0.1) is 28.7 Å². The SMILES string of the molecule is COc1ccc(-n2cnc3cc(C(=O)N4CCCCC4)ccc3c2=O)cc1Cl. The molecule has 0 saturated carbocycles. The topological polar surface area (TPSA) is 64.4 Å². The monoisotopic (exact) mass is 397 g/mol. The van der Waals surface area contributed by atoms with E-state index in [1.807, 2.05) is 4.90 Å². The molecule has 0 unspecified atom stereocenters. The number of methoxy groups -OCH3 is 1. The van der Waals surface area contributed by atoms with Crippen LogP contribution >= 0.6 is 11.6 Å². The van der Waals surface area contributed by atoms with E-state index in [0.29, 0.717) is 32.9 Å². The molecule has 1 amide bonds. The Morgan fingerprint density at radius 2 is 1.89 bits per heavy atom. The van der Waals surface area contributed by atoms with E-state index in [0.717, 1.165) is 32.4 Å². The van der Waals surface area contributed by atoms with E-state index >= 15 is 0 Å². The molecule has 0 atom stereocenters. The van der Waals surface area contributed by atoms with E-state index in [-0.39, 0.29) is 11.5 Å². The lowest BCUT2D eigenvalue weighted by atomic mass is 10.1. The number of nitrogens with zero attached hydrogens (tertiary/aromatic N) is 3. The molecule has 2 aromatic carbocycles. The number of halogens is 1. The molecule has 0 N–H and O–H groups in total. The van der Waals surface area contributed by atoms with Crippen LogP contribution in [0.25, 0.3) is 16.6 Å². The number of hydrogen-bond donors (Lipinski definition) is 0. The van der Waals surface area contributed by atoms with Gasteiger partial charge in [-0.2, -0.15) is 0 Å². The fourth-order valence-corrected chi connectivity index (χ4v) is 3.78. The van der Waals surface area contributed by atoms with Crippen molar-refractivity contribution in [2.75, 3.05) is 20.2 Å². The zero-order valence-electron chi connectivity index (χ0n) is 15.5. The summed E-state index contributed by atoms with van der Waals surface area (Å²) in [5.74, 6) is 0.530. The lowest BCUT2D eigenvalue weighted by Gasteiger charge is -2.26. The van der Waals surface area contributed by atoms with Gasteiger partial charge in [-0.1, -0.05) is 11.6 Å². The third-order valence-corrected chi connectivity index (χ3v) is 5.36. The molecular formula is C21H20ClN3O3. The molecule has 144 valence electrons. The Balaban J connectivity index is 1.71. The van der Waals surface area contributed by atoms with Crippen LogP contribution in [0.4, 0.5) is 0 Å². The number of rotatable bonds is 3. The van der Waals surface area contributed by atoms with Crippen molar-refractivity contribution in [3.63, 3.8) is 0 Å². The van der Waals surface area contributed by atoms with Crippen molar-refractivity contribution in [2.45, 2.75) is 19.3 Å². The predicted octanol–water partition coefficient (Wildman–Crippen LogP) is 3.67. The Labute approximate surface area is 167 Å². The molecule has 0 spiro atoms. The van der Waals surface area contributed by atoms with E-state index in [4.69, 9.17) is 16.3 Å². The van der Waals surface area contributed by atoms with Crippen LogP contribution in [-0.2, 0) is 0 Å². The fourth-order valence-electron chi connectivity index (χ4n) is 3.52. The third-order valence-electron chi connectivity index (χ3n) is 5.06. The van der Waals surface area contributed by atoms with Gasteiger partial charge in [-0.3, -0.25) is 14.2 Å². The largest absolute Gasteiger partial charge is 0.495 e. The number of hydrogen-bond acceptors (Lipinski definition) is 4. The van der Waals surface area contributed by atoms with Crippen LogP contribution < -0.4 is 10.3 Å². The number of ether oxygens (including phenoxy) is 1. The van der Waals surface area contributed by atoms with E-state index < -0.39 is 0 Å². The van der Waals surface area contributed by atoms with E-state index in [9.17, 15) is 9.59 Å². The molecule has 3 aromatic rings. The van der Waals surface area contributed by atoms with Crippen LogP contribution in [0, 0.1) is 0 Å². The maximum absolute atomic E-state index is 12.9. The van der Waals surface area contributed by atoms with Crippen LogP contribution in [0.1, 0.15) is 29.6 Å². The van der Waals surface area contributed by atoms with Crippen molar-refractivity contribution in [3.8, 4) is 11.4 Å². The first kappa shape index (κ1) is 18.5. The minimum atomic E-state index is -0.219. The number of carbonyl (C=O) groups is 1. The summed E-state index contributed by atoms with van der Waals surface area (Å²) < 4.78 is 6.58. The van der Waals surface area contributed by atoms with Crippen LogP contribution in [-0.4, -0.2) is 40.6 Å². The highest BCUT2D eigenvalue weighted by atomic mass is 35.5. The second kappa shape index (κ2) is 7.64. The molecule has 1 fully saturated rings. The first-order valence-electron chi connectivity index (χ1n) is 9.23. The fraction of sp³-hybridized carbons (Fsp3) is 0.286. The van der Waals surface area contributed by atoms with Gasteiger partial charge in [-0.05, 0) is 55.7 Å². The summed E-state index contributed by atoms with van der Waals surface area (Å²) in [5, 5.41) is 0.860. The van der Waals surface area contributed by atoms with Gasteiger partial charge in [0, 0.05) is 18.7 Å². The van der Waals surface area contributed by atoms with Crippen molar-refractivity contribution in [1.29, 1.82) is 0 Å². The summed E-state index contributed by atoms with van der Waals surface area (Å²) in [5.41, 5.74) is 1.44. The molecule has 0 radical (unpaired) electrons. The summed E-state index contributed by atoms with van der Waals surface area (Å²) in [6, 6.07) is 10.2. The number of likely N-dealkylation sites (tertiary alicyclic amines) is 1. The zero-order chi connectivity index (χ0) is 19.7. The normalized spacial score (nSPS) is 14.3. The van der Waals surface area contributed by atoms with Gasteiger partial charge in [0.15, 0.2) is 0 Å². The number of carbonyl (C=O) groups excluding carboxylic acids is 1. The number of piperidine rings is 1. The van der Waals surface area contributed by atoms with Crippen molar-refractivity contribution in [1.82, 2.24) is 14.5 Å². The first-order chi connectivity index (χ1) is 13.6. The molecule has 28 heavy (non-hydrogen) atoms. The number of aromatic nitrogens is 2. The summed E-state index contributed by atoms with van der Waals surface area (Å²) in [7, 11) is 1.54. The highest BCUT2D eigenvalue weighted by Gasteiger charge is 2.19. The van der Waals surface area contributed by atoms with Crippen molar-refractivity contribution < 1.29 is 9.53 Å². The van der Waals surface area contributed by atoms with Gasteiger partial charge in [0.1, 0.15) is 12.1 Å². The Morgan fingerprint density at radius 3 is 2.61 bits per heavy atom. The average Bonchev–Trinajstić information content (AvgIpc) is 2.74. The minimum Gasteiger partial charge on any atom is -0.495 e. The van der Waals surface area contributed by atoms with Gasteiger partial charge in [0.2, 0.25) is 0 Å². The van der Waals surface area contributed by atoms with Crippen LogP contribution in [0.3, 0.4) is 0 Å². The molecule has 1 aliphatic heterocycles. The standard InChI is InChI=1S/C21H20ClN3O3/c1-28-19-8-6-15(12-17(19)22)25-13-23-18-11-14(5-7-16(18)21(25)27)20(26)24-9-3-2-4-10-24/h5-8,11-13H,2-4,9-10H2,1H3. The van der Waals surface area contributed by atoms with Crippen molar-refractivity contribution in [2.24, 2.45) is 0 Å².